The summed E-state index contributed by atoms with van der Waals surface area (Å²) in [5, 5.41) is 6.47. The van der Waals surface area contributed by atoms with E-state index in [2.05, 4.69) is 20.6 Å². The number of nitrogens with zero attached hydrogens (tertiary/aromatic N) is 1. The number of nitrogens with one attached hydrogen (secondary N) is 3. The number of ether oxygens (including phenoxy) is 3. The second-order valence-corrected chi connectivity index (χ2v) is 9.75. The molecule has 0 bridgehead atoms. The molecule has 0 unspecified atom stereocenters. The topological polar surface area (TPSA) is 115 Å². The van der Waals surface area contributed by atoms with Crippen molar-refractivity contribution in [2.75, 3.05) is 32.0 Å². The number of methoxy groups -OCH3 is 3. The minimum Gasteiger partial charge on any atom is -0.493 e. The molecule has 1 aromatic heterocycles. The predicted octanol–water partition coefficient (Wildman–Crippen LogP) is 7.07. The van der Waals surface area contributed by atoms with Crippen molar-refractivity contribution >= 4 is 57.4 Å². The fourth-order valence-corrected chi connectivity index (χ4v) is 4.77. The molecule has 3 N–H and O–H groups in total. The Bertz CT molecular complexity index is 1720. The van der Waals surface area contributed by atoms with Gasteiger partial charge in [-0.25, -0.2) is 4.98 Å². The summed E-state index contributed by atoms with van der Waals surface area (Å²) in [6.07, 6.45) is 0. The van der Waals surface area contributed by atoms with Crippen molar-refractivity contribution in [2.45, 2.75) is 0 Å². The Balaban J connectivity index is 1.30. The van der Waals surface area contributed by atoms with Gasteiger partial charge in [-0.3, -0.25) is 9.59 Å². The van der Waals surface area contributed by atoms with Crippen molar-refractivity contribution in [3.63, 3.8) is 0 Å². The lowest BCUT2D eigenvalue weighted by atomic mass is 10.1. The van der Waals surface area contributed by atoms with Crippen LogP contribution in [-0.2, 0) is 0 Å². The zero-order valence-electron chi connectivity index (χ0n) is 22.2. The first kappa shape index (κ1) is 27.8. The Hall–Kier alpha value is -4.73. The standard InChI is InChI=1S/C30H24Cl2N4O5/c1-39-25-12-18(13-26(40-2)27(25)41-3)30(38)33-21-6-4-16(5-7-21)28-35-23-9-8-22(15-24(23)36-28)34-29(37)17-10-19(31)14-20(32)11-17/h4-15H,1-3H3,(H,33,38)(H,34,37)(H,35,36). The van der Waals surface area contributed by atoms with E-state index in [1.54, 1.807) is 54.6 Å². The molecule has 0 atom stereocenters. The van der Waals surface area contributed by atoms with Crippen LogP contribution >= 0.6 is 23.2 Å². The molecule has 0 aliphatic heterocycles. The summed E-state index contributed by atoms with van der Waals surface area (Å²) in [7, 11) is 4.48. The summed E-state index contributed by atoms with van der Waals surface area (Å²) in [5.41, 5.74) is 4.15. The van der Waals surface area contributed by atoms with Gasteiger partial charge in [0.05, 0.1) is 32.4 Å². The van der Waals surface area contributed by atoms with Crippen LogP contribution in [0.25, 0.3) is 22.4 Å². The number of anilines is 2. The predicted molar refractivity (Wildman–Crippen MR) is 160 cm³/mol. The second-order valence-electron chi connectivity index (χ2n) is 8.88. The number of fused-ring (bicyclic) bond motifs is 1. The molecular weight excluding hydrogens is 567 g/mol. The number of benzene rings is 4. The number of halogens is 2. The third-order valence-electron chi connectivity index (χ3n) is 6.21. The zero-order chi connectivity index (χ0) is 29.1. The van der Waals surface area contributed by atoms with Gasteiger partial charge in [0.15, 0.2) is 11.5 Å². The molecular formula is C30H24Cl2N4O5. The van der Waals surface area contributed by atoms with E-state index in [0.717, 1.165) is 16.6 Å². The fraction of sp³-hybridized carbons (Fsp3) is 0.100. The number of amides is 2. The Morgan fingerprint density at radius 3 is 1.85 bits per heavy atom. The summed E-state index contributed by atoms with van der Waals surface area (Å²) in [5.74, 6) is 1.13. The van der Waals surface area contributed by atoms with Crippen LogP contribution in [0.5, 0.6) is 17.2 Å². The molecule has 41 heavy (non-hydrogen) atoms. The van der Waals surface area contributed by atoms with Gasteiger partial charge in [-0.05, 0) is 72.8 Å². The van der Waals surface area contributed by atoms with Crippen LogP contribution in [0.15, 0.2) is 72.8 Å². The Morgan fingerprint density at radius 2 is 1.27 bits per heavy atom. The van der Waals surface area contributed by atoms with Crippen LogP contribution < -0.4 is 24.8 Å². The quantitative estimate of drug-likeness (QED) is 0.178. The molecule has 0 spiro atoms. The average molecular weight is 591 g/mol. The molecule has 0 aliphatic carbocycles. The van der Waals surface area contributed by atoms with E-state index in [4.69, 9.17) is 37.4 Å². The van der Waals surface area contributed by atoms with E-state index in [9.17, 15) is 9.59 Å². The summed E-state index contributed by atoms with van der Waals surface area (Å²) in [4.78, 5) is 33.5. The highest BCUT2D eigenvalue weighted by molar-refractivity contribution is 6.35. The van der Waals surface area contributed by atoms with Crippen LogP contribution in [0.3, 0.4) is 0 Å². The van der Waals surface area contributed by atoms with E-state index in [1.165, 1.54) is 21.3 Å². The maximum atomic E-state index is 12.9. The molecule has 5 aromatic rings. The number of hydrogen-bond acceptors (Lipinski definition) is 6. The Labute approximate surface area is 245 Å². The van der Waals surface area contributed by atoms with E-state index in [-0.39, 0.29) is 11.8 Å². The monoisotopic (exact) mass is 590 g/mol. The highest BCUT2D eigenvalue weighted by Gasteiger charge is 2.17. The van der Waals surface area contributed by atoms with Crippen molar-refractivity contribution in [1.82, 2.24) is 9.97 Å². The largest absolute Gasteiger partial charge is 0.493 e. The van der Waals surface area contributed by atoms with E-state index < -0.39 is 0 Å². The first-order valence-electron chi connectivity index (χ1n) is 12.3. The maximum Gasteiger partial charge on any atom is 0.255 e. The van der Waals surface area contributed by atoms with Gasteiger partial charge in [0, 0.05) is 38.1 Å². The van der Waals surface area contributed by atoms with Gasteiger partial charge in [-0.1, -0.05) is 23.2 Å². The number of rotatable bonds is 8. The highest BCUT2D eigenvalue weighted by Crippen LogP contribution is 2.38. The lowest BCUT2D eigenvalue weighted by Crippen LogP contribution is -2.12. The van der Waals surface area contributed by atoms with Crippen molar-refractivity contribution in [2.24, 2.45) is 0 Å². The number of carbonyl (C=O) groups is 2. The third-order valence-corrected chi connectivity index (χ3v) is 6.64. The van der Waals surface area contributed by atoms with Gasteiger partial charge < -0.3 is 29.8 Å². The normalized spacial score (nSPS) is 10.8. The average Bonchev–Trinajstić information content (AvgIpc) is 3.39. The number of carbonyl (C=O) groups excluding carboxylic acids is 2. The molecule has 0 aliphatic rings. The molecule has 4 aromatic carbocycles. The van der Waals surface area contributed by atoms with Gasteiger partial charge in [0.25, 0.3) is 11.8 Å². The molecule has 1 heterocycles. The summed E-state index contributed by atoms with van der Waals surface area (Å²) in [6.45, 7) is 0. The van der Waals surface area contributed by atoms with E-state index in [0.29, 0.717) is 55.6 Å². The van der Waals surface area contributed by atoms with Crippen molar-refractivity contribution in [1.29, 1.82) is 0 Å². The van der Waals surface area contributed by atoms with E-state index >= 15 is 0 Å². The molecule has 208 valence electrons. The van der Waals surface area contributed by atoms with Crippen molar-refractivity contribution < 1.29 is 23.8 Å². The molecule has 2 amide bonds. The molecule has 5 rings (SSSR count). The third kappa shape index (κ3) is 6.06. The van der Waals surface area contributed by atoms with E-state index in [1.807, 2.05) is 18.2 Å². The van der Waals surface area contributed by atoms with Gasteiger partial charge in [0.2, 0.25) is 5.75 Å². The molecule has 11 heteroatoms. The Morgan fingerprint density at radius 1 is 0.707 bits per heavy atom. The molecule has 9 nitrogen and oxygen atoms in total. The first-order chi connectivity index (χ1) is 19.8. The lowest BCUT2D eigenvalue weighted by Gasteiger charge is -2.14. The van der Waals surface area contributed by atoms with Crippen molar-refractivity contribution in [3.05, 3.63) is 94.0 Å². The molecule has 0 fully saturated rings. The number of aromatic nitrogens is 2. The SMILES string of the molecule is COc1cc(C(=O)Nc2ccc(-c3nc4ccc(NC(=O)c5cc(Cl)cc(Cl)c5)cc4[nH]3)cc2)cc(OC)c1OC. The van der Waals surface area contributed by atoms with Crippen LogP contribution in [0.1, 0.15) is 20.7 Å². The van der Waals surface area contributed by atoms with Crippen LogP contribution in [-0.4, -0.2) is 43.1 Å². The minimum absolute atomic E-state index is 0.336. The fourth-order valence-electron chi connectivity index (χ4n) is 4.24. The van der Waals surface area contributed by atoms with Crippen LogP contribution in [0.4, 0.5) is 11.4 Å². The summed E-state index contributed by atoms with van der Waals surface area (Å²) < 4.78 is 16.0. The highest BCUT2D eigenvalue weighted by atomic mass is 35.5. The minimum atomic E-state index is -0.338. The number of hydrogen-bond donors (Lipinski definition) is 3. The maximum absolute atomic E-state index is 12.9. The summed E-state index contributed by atoms with van der Waals surface area (Å²) >= 11 is 12.0. The number of H-pyrrole nitrogens is 1. The smallest absolute Gasteiger partial charge is 0.255 e. The zero-order valence-corrected chi connectivity index (χ0v) is 23.7. The molecule has 0 saturated carbocycles. The van der Waals surface area contributed by atoms with Gasteiger partial charge in [-0.15, -0.1) is 0 Å². The molecule has 0 radical (unpaired) electrons. The number of imidazole rings is 1. The van der Waals surface area contributed by atoms with Crippen LogP contribution in [0, 0.1) is 0 Å². The van der Waals surface area contributed by atoms with Gasteiger partial charge in [0.1, 0.15) is 5.82 Å². The molecule has 0 saturated heterocycles. The number of aromatic amines is 1. The van der Waals surface area contributed by atoms with Gasteiger partial charge >= 0.3 is 0 Å². The second kappa shape index (κ2) is 11.8. The van der Waals surface area contributed by atoms with Crippen molar-refractivity contribution in [3.8, 4) is 28.6 Å². The first-order valence-corrected chi connectivity index (χ1v) is 13.0. The Kier molecular flexibility index (Phi) is 8.00. The summed E-state index contributed by atoms with van der Waals surface area (Å²) in [6, 6.07) is 20.4. The van der Waals surface area contributed by atoms with Crippen LogP contribution in [0.2, 0.25) is 10.0 Å². The van der Waals surface area contributed by atoms with Gasteiger partial charge in [-0.2, -0.15) is 0 Å². The lowest BCUT2D eigenvalue weighted by molar-refractivity contribution is 0.101.